The van der Waals surface area contributed by atoms with Gasteiger partial charge in [-0.3, -0.25) is 0 Å². The van der Waals surface area contributed by atoms with E-state index in [4.69, 9.17) is 0 Å². The van der Waals surface area contributed by atoms with E-state index >= 15 is 0 Å². The molecule has 3 heteroatoms. The molecule has 0 atom stereocenters. The molecule has 0 aliphatic heterocycles. The van der Waals surface area contributed by atoms with Crippen LogP contribution in [0.1, 0.15) is 24.1 Å². The van der Waals surface area contributed by atoms with E-state index in [0.717, 1.165) is 29.9 Å². The molecule has 0 spiro atoms. The zero-order chi connectivity index (χ0) is 12.7. The number of hydrogen-bond acceptors (Lipinski definition) is 1. The lowest BCUT2D eigenvalue weighted by molar-refractivity contribution is 0.631. The SMILES string of the molecule is Cc1c(CCNC2CC2)c2cccc(F)c2n1C. The van der Waals surface area contributed by atoms with Gasteiger partial charge < -0.3 is 9.88 Å². The maximum atomic E-state index is 13.9. The summed E-state index contributed by atoms with van der Waals surface area (Å²) in [5.41, 5.74) is 3.18. The minimum absolute atomic E-state index is 0.125. The van der Waals surface area contributed by atoms with Crippen LogP contribution >= 0.6 is 0 Å². The number of fused-ring (bicyclic) bond motifs is 1. The fourth-order valence-corrected chi connectivity index (χ4v) is 2.67. The molecule has 0 saturated heterocycles. The number of benzene rings is 1. The summed E-state index contributed by atoms with van der Waals surface area (Å²) in [6.45, 7) is 3.06. The van der Waals surface area contributed by atoms with Gasteiger partial charge in [0, 0.05) is 24.2 Å². The molecule has 1 fully saturated rings. The fraction of sp³-hybridized carbons (Fsp3) is 0.467. The highest BCUT2D eigenvalue weighted by Crippen LogP contribution is 2.27. The Bertz CT molecular complexity index is 582. The molecule has 2 aromatic rings. The first kappa shape index (κ1) is 11.7. The van der Waals surface area contributed by atoms with Crippen molar-refractivity contribution >= 4 is 10.9 Å². The number of nitrogens with zero attached hydrogens (tertiary/aromatic N) is 1. The first-order chi connectivity index (χ1) is 8.68. The molecule has 1 aliphatic carbocycles. The molecule has 1 aromatic heterocycles. The lowest BCUT2D eigenvalue weighted by Crippen LogP contribution is -2.19. The molecule has 1 aliphatic rings. The Morgan fingerprint density at radius 2 is 2.17 bits per heavy atom. The topological polar surface area (TPSA) is 17.0 Å². The molecular formula is C15H19FN2. The van der Waals surface area contributed by atoms with Gasteiger partial charge in [-0.1, -0.05) is 12.1 Å². The number of nitrogens with one attached hydrogen (secondary N) is 1. The Morgan fingerprint density at radius 1 is 1.39 bits per heavy atom. The number of para-hydroxylation sites is 1. The van der Waals surface area contributed by atoms with Crippen LogP contribution in [0.15, 0.2) is 18.2 Å². The summed E-state index contributed by atoms with van der Waals surface area (Å²) in [6, 6.07) is 6.10. The normalized spacial score (nSPS) is 15.5. The van der Waals surface area contributed by atoms with Gasteiger partial charge in [0.25, 0.3) is 0 Å². The molecule has 18 heavy (non-hydrogen) atoms. The average Bonchev–Trinajstić information content (AvgIpc) is 3.13. The van der Waals surface area contributed by atoms with E-state index in [-0.39, 0.29) is 5.82 Å². The third kappa shape index (κ3) is 1.93. The molecule has 1 N–H and O–H groups in total. The van der Waals surface area contributed by atoms with Crippen LogP contribution in [-0.4, -0.2) is 17.2 Å². The quantitative estimate of drug-likeness (QED) is 0.877. The number of aryl methyl sites for hydroxylation is 1. The van der Waals surface area contributed by atoms with E-state index in [2.05, 4.69) is 12.2 Å². The first-order valence-corrected chi connectivity index (χ1v) is 6.64. The second-order valence-electron chi connectivity index (χ2n) is 5.24. The molecule has 0 radical (unpaired) electrons. The Labute approximate surface area is 107 Å². The van der Waals surface area contributed by atoms with Gasteiger partial charge in [-0.2, -0.15) is 0 Å². The second kappa shape index (κ2) is 4.39. The summed E-state index contributed by atoms with van der Waals surface area (Å²) < 4.78 is 15.8. The number of rotatable bonds is 4. The Balaban J connectivity index is 1.94. The van der Waals surface area contributed by atoms with E-state index in [1.165, 1.54) is 30.2 Å². The van der Waals surface area contributed by atoms with Gasteiger partial charge in [-0.05, 0) is 44.4 Å². The van der Waals surface area contributed by atoms with Crippen molar-refractivity contribution in [2.75, 3.05) is 6.54 Å². The van der Waals surface area contributed by atoms with E-state index in [0.29, 0.717) is 0 Å². The average molecular weight is 246 g/mol. The van der Waals surface area contributed by atoms with Gasteiger partial charge in [0.15, 0.2) is 0 Å². The highest BCUT2D eigenvalue weighted by Gasteiger charge is 2.20. The van der Waals surface area contributed by atoms with Gasteiger partial charge in [0.2, 0.25) is 0 Å². The summed E-state index contributed by atoms with van der Waals surface area (Å²) in [7, 11) is 1.94. The lowest BCUT2D eigenvalue weighted by atomic mass is 10.1. The van der Waals surface area contributed by atoms with Crippen LogP contribution in [0.2, 0.25) is 0 Å². The Kier molecular flexibility index (Phi) is 2.86. The summed E-state index contributed by atoms with van der Waals surface area (Å²) in [5.74, 6) is -0.125. The highest BCUT2D eigenvalue weighted by atomic mass is 19.1. The summed E-state index contributed by atoms with van der Waals surface area (Å²) >= 11 is 0. The van der Waals surface area contributed by atoms with Crippen LogP contribution < -0.4 is 5.32 Å². The molecule has 0 bridgehead atoms. The van der Waals surface area contributed by atoms with Crippen LogP contribution in [0.3, 0.4) is 0 Å². The smallest absolute Gasteiger partial charge is 0.147 e. The monoisotopic (exact) mass is 246 g/mol. The van der Waals surface area contributed by atoms with Crippen LogP contribution in [0.5, 0.6) is 0 Å². The largest absolute Gasteiger partial charge is 0.345 e. The molecule has 0 amide bonds. The number of aromatic nitrogens is 1. The van der Waals surface area contributed by atoms with Gasteiger partial charge in [0.05, 0.1) is 5.52 Å². The number of hydrogen-bond donors (Lipinski definition) is 1. The first-order valence-electron chi connectivity index (χ1n) is 6.64. The molecule has 1 heterocycles. The van der Waals surface area contributed by atoms with Crippen molar-refractivity contribution in [3.63, 3.8) is 0 Å². The van der Waals surface area contributed by atoms with Crippen molar-refractivity contribution in [1.29, 1.82) is 0 Å². The third-order valence-corrected chi connectivity index (χ3v) is 3.97. The maximum absolute atomic E-state index is 13.9. The molecule has 1 aromatic carbocycles. The van der Waals surface area contributed by atoms with E-state index in [9.17, 15) is 4.39 Å². The van der Waals surface area contributed by atoms with Crippen LogP contribution in [0, 0.1) is 12.7 Å². The van der Waals surface area contributed by atoms with Crippen molar-refractivity contribution in [2.24, 2.45) is 7.05 Å². The molecule has 96 valence electrons. The van der Waals surface area contributed by atoms with Crippen molar-refractivity contribution in [1.82, 2.24) is 9.88 Å². The minimum atomic E-state index is -0.125. The predicted molar refractivity (Wildman–Crippen MR) is 72.3 cm³/mol. The molecular weight excluding hydrogens is 227 g/mol. The molecule has 1 saturated carbocycles. The van der Waals surface area contributed by atoms with E-state index in [1.807, 2.05) is 17.7 Å². The van der Waals surface area contributed by atoms with Crippen molar-refractivity contribution in [3.8, 4) is 0 Å². The minimum Gasteiger partial charge on any atom is -0.345 e. The molecule has 3 rings (SSSR count). The molecule has 2 nitrogen and oxygen atoms in total. The standard InChI is InChI=1S/C15H19FN2/c1-10-12(8-9-17-11-6-7-11)13-4-3-5-14(16)15(13)18(10)2/h3-5,11,17H,6-9H2,1-2H3. The van der Waals surface area contributed by atoms with Crippen LogP contribution in [0.25, 0.3) is 10.9 Å². The van der Waals surface area contributed by atoms with Crippen molar-refractivity contribution in [2.45, 2.75) is 32.2 Å². The van der Waals surface area contributed by atoms with Gasteiger partial charge in [-0.25, -0.2) is 4.39 Å². The van der Waals surface area contributed by atoms with Crippen LogP contribution in [0.4, 0.5) is 4.39 Å². The lowest BCUT2D eigenvalue weighted by Gasteiger charge is -2.04. The maximum Gasteiger partial charge on any atom is 0.147 e. The second-order valence-corrected chi connectivity index (χ2v) is 5.24. The Hall–Kier alpha value is -1.35. The summed E-state index contributed by atoms with van der Waals surface area (Å²) in [6.07, 6.45) is 3.59. The van der Waals surface area contributed by atoms with Gasteiger partial charge >= 0.3 is 0 Å². The summed E-state index contributed by atoms with van der Waals surface area (Å²) in [4.78, 5) is 0. The van der Waals surface area contributed by atoms with E-state index in [1.54, 1.807) is 6.07 Å². The zero-order valence-electron chi connectivity index (χ0n) is 11.0. The van der Waals surface area contributed by atoms with Gasteiger partial charge in [0.1, 0.15) is 5.82 Å². The summed E-state index contributed by atoms with van der Waals surface area (Å²) in [5, 5.41) is 4.58. The number of halogens is 1. The van der Waals surface area contributed by atoms with Gasteiger partial charge in [-0.15, -0.1) is 0 Å². The Morgan fingerprint density at radius 3 is 2.89 bits per heavy atom. The fourth-order valence-electron chi connectivity index (χ4n) is 2.67. The van der Waals surface area contributed by atoms with Crippen LogP contribution in [-0.2, 0) is 13.5 Å². The molecule has 0 unspecified atom stereocenters. The van der Waals surface area contributed by atoms with Crippen molar-refractivity contribution < 1.29 is 4.39 Å². The third-order valence-electron chi connectivity index (χ3n) is 3.97. The predicted octanol–water partition coefficient (Wildman–Crippen LogP) is 2.92. The highest BCUT2D eigenvalue weighted by molar-refractivity contribution is 5.86. The van der Waals surface area contributed by atoms with Crippen molar-refractivity contribution in [3.05, 3.63) is 35.3 Å². The van der Waals surface area contributed by atoms with E-state index < -0.39 is 0 Å². The zero-order valence-corrected chi connectivity index (χ0v) is 11.0.